The molecule has 0 aromatic heterocycles. The molecule has 1 unspecified atom stereocenters. The predicted octanol–water partition coefficient (Wildman–Crippen LogP) is 4.56. The van der Waals surface area contributed by atoms with E-state index < -0.39 is 65.8 Å². The average Bonchev–Trinajstić information content (AvgIpc) is 3.40. The van der Waals surface area contributed by atoms with Gasteiger partial charge in [0.05, 0.1) is 17.7 Å². The number of hydrogen-bond donors (Lipinski definition) is 2. The Morgan fingerprint density at radius 1 is 0.776 bits per heavy atom. The number of carbonyl (C=O) groups is 6. The second-order valence-corrected chi connectivity index (χ2v) is 14.4. The number of nitrogens with zero attached hydrogens (tertiary/aromatic N) is 1. The third-order valence-electron chi connectivity index (χ3n) is 7.06. The van der Waals surface area contributed by atoms with Crippen molar-refractivity contribution in [1.29, 1.82) is 0 Å². The van der Waals surface area contributed by atoms with E-state index in [1.54, 1.807) is 72.8 Å². The van der Waals surface area contributed by atoms with E-state index in [4.69, 9.17) is 13.9 Å². The molecule has 13 nitrogen and oxygen atoms in total. The summed E-state index contributed by atoms with van der Waals surface area (Å²) >= 11 is 0.661. The minimum atomic E-state index is -4.20. The van der Waals surface area contributed by atoms with Gasteiger partial charge in [-0.2, -0.15) is 0 Å². The van der Waals surface area contributed by atoms with Gasteiger partial charge < -0.3 is 24.5 Å². The monoisotopic (exact) mass is 709 g/mol. The fourth-order valence-corrected chi connectivity index (χ4v) is 7.12. The molecule has 0 radical (unpaired) electrons. The molecule has 49 heavy (non-hydrogen) atoms. The van der Waals surface area contributed by atoms with E-state index in [9.17, 15) is 33.3 Å². The molecule has 2 N–H and O–H groups in total. The topological polar surface area (TPSA) is 174 Å². The standard InChI is InChI=1S/C34H36N3O10PS/c1-23(35-28(38)18-21-32(41)45-37-30(39)19-20-31(37)40)34(43)49-24(2)33(42)36-29(22-25-12-6-3-7-13-25)48(44,46-26-14-8-4-9-15-26)47-27-16-10-5-11-17-27/h3-17,23-24,29H,18-22H2,1-2H3,(H,35,38)(H,36,42)/t23-,24-,29?/m0/s1. The first kappa shape index (κ1) is 36.9. The highest BCUT2D eigenvalue weighted by molar-refractivity contribution is 8.14. The molecule has 1 saturated heterocycles. The van der Waals surface area contributed by atoms with Crippen molar-refractivity contribution in [2.75, 3.05) is 0 Å². The number of nitrogens with one attached hydrogen (secondary N) is 2. The molecule has 1 heterocycles. The quantitative estimate of drug-likeness (QED) is 0.158. The Morgan fingerprint density at radius 2 is 1.29 bits per heavy atom. The summed E-state index contributed by atoms with van der Waals surface area (Å²) in [7, 11) is -4.20. The highest BCUT2D eigenvalue weighted by Crippen LogP contribution is 2.53. The highest BCUT2D eigenvalue weighted by atomic mass is 32.2. The first-order valence-electron chi connectivity index (χ1n) is 15.4. The Morgan fingerprint density at radius 3 is 1.82 bits per heavy atom. The maximum absolute atomic E-state index is 14.7. The second-order valence-electron chi connectivity index (χ2n) is 11.0. The number of benzene rings is 3. The maximum atomic E-state index is 14.7. The summed E-state index contributed by atoms with van der Waals surface area (Å²) in [5, 5.41) is 4.10. The van der Waals surface area contributed by atoms with Gasteiger partial charge in [-0.1, -0.05) is 78.5 Å². The van der Waals surface area contributed by atoms with Crippen LogP contribution in [0, 0.1) is 0 Å². The minimum absolute atomic E-state index is 0.0593. The molecule has 1 aliphatic heterocycles. The van der Waals surface area contributed by atoms with E-state index >= 15 is 0 Å². The average molecular weight is 710 g/mol. The fourth-order valence-electron chi connectivity index (χ4n) is 4.49. The summed E-state index contributed by atoms with van der Waals surface area (Å²) in [6, 6.07) is 24.9. The van der Waals surface area contributed by atoms with Crippen LogP contribution in [0.3, 0.4) is 0 Å². The summed E-state index contributed by atoms with van der Waals surface area (Å²) in [6.07, 6.45) is -0.849. The van der Waals surface area contributed by atoms with E-state index in [1.165, 1.54) is 13.8 Å². The Hall–Kier alpha value is -4.94. The molecular formula is C34H36N3O10PS. The van der Waals surface area contributed by atoms with Gasteiger partial charge in [-0.25, -0.2) is 9.36 Å². The van der Waals surface area contributed by atoms with Gasteiger partial charge >= 0.3 is 13.6 Å². The summed E-state index contributed by atoms with van der Waals surface area (Å²) < 4.78 is 26.7. The van der Waals surface area contributed by atoms with Crippen LogP contribution in [-0.4, -0.2) is 56.9 Å². The second kappa shape index (κ2) is 17.5. The Bertz CT molecular complexity index is 1630. The van der Waals surface area contributed by atoms with Crippen molar-refractivity contribution < 1.29 is 47.2 Å². The van der Waals surface area contributed by atoms with Crippen molar-refractivity contribution in [3.8, 4) is 11.5 Å². The lowest BCUT2D eigenvalue weighted by molar-refractivity contribution is -0.197. The summed E-state index contributed by atoms with van der Waals surface area (Å²) in [4.78, 5) is 78.9. The number of amides is 4. The molecule has 4 rings (SSSR count). The van der Waals surface area contributed by atoms with Crippen LogP contribution in [0.5, 0.6) is 11.5 Å². The van der Waals surface area contributed by atoms with Crippen LogP contribution in [0.1, 0.15) is 45.1 Å². The lowest BCUT2D eigenvalue weighted by Crippen LogP contribution is -2.43. The SMILES string of the molecule is C[C@H](NC(=O)CCC(=O)ON1C(=O)CCC1=O)C(=O)S[C@@H](C)C(=O)NC(Cc1ccccc1)P(=O)(Oc1ccccc1)Oc1ccccc1. The van der Waals surface area contributed by atoms with Crippen LogP contribution in [0.4, 0.5) is 0 Å². The van der Waals surface area contributed by atoms with Crippen molar-refractivity contribution in [2.45, 2.75) is 63.0 Å². The van der Waals surface area contributed by atoms with Crippen molar-refractivity contribution in [3.05, 3.63) is 96.6 Å². The highest BCUT2D eigenvalue weighted by Gasteiger charge is 2.42. The number of rotatable bonds is 16. The zero-order valence-corrected chi connectivity index (χ0v) is 28.5. The van der Waals surface area contributed by atoms with Crippen molar-refractivity contribution >= 4 is 54.1 Å². The number of para-hydroxylation sites is 2. The fraction of sp³-hybridized carbons (Fsp3) is 0.294. The molecule has 3 aromatic carbocycles. The molecule has 258 valence electrons. The molecule has 0 saturated carbocycles. The zero-order valence-electron chi connectivity index (χ0n) is 26.8. The summed E-state index contributed by atoms with van der Waals surface area (Å²) in [5.74, 6) is -4.16. The van der Waals surface area contributed by atoms with Gasteiger partial charge in [0.15, 0.2) is 5.78 Å². The lowest BCUT2D eigenvalue weighted by Gasteiger charge is -2.29. The number of imide groups is 1. The summed E-state index contributed by atoms with van der Waals surface area (Å²) in [5.41, 5.74) is 0.747. The van der Waals surface area contributed by atoms with Gasteiger partial charge in [0.25, 0.3) is 11.8 Å². The molecule has 15 heteroatoms. The smallest absolute Gasteiger partial charge is 0.415 e. The number of thioether (sulfide) groups is 1. The first-order valence-corrected chi connectivity index (χ1v) is 17.9. The van der Waals surface area contributed by atoms with E-state index in [0.29, 0.717) is 16.8 Å². The van der Waals surface area contributed by atoms with Gasteiger partial charge in [0.1, 0.15) is 11.5 Å². The van der Waals surface area contributed by atoms with Gasteiger partial charge in [0.2, 0.25) is 16.9 Å². The largest absolute Gasteiger partial charge is 0.453 e. The van der Waals surface area contributed by atoms with Gasteiger partial charge in [-0.05, 0) is 43.7 Å². The van der Waals surface area contributed by atoms with Crippen LogP contribution in [0.25, 0.3) is 0 Å². The van der Waals surface area contributed by atoms with Crippen molar-refractivity contribution in [1.82, 2.24) is 15.7 Å². The number of hydrogen-bond acceptors (Lipinski definition) is 11. The van der Waals surface area contributed by atoms with Crippen molar-refractivity contribution in [2.24, 2.45) is 0 Å². The molecule has 1 fully saturated rings. The van der Waals surface area contributed by atoms with Crippen LogP contribution >= 0.6 is 19.4 Å². The molecule has 3 aromatic rings. The van der Waals surface area contributed by atoms with Gasteiger partial charge in [-0.15, -0.1) is 5.06 Å². The Labute approximate surface area is 287 Å². The predicted molar refractivity (Wildman–Crippen MR) is 180 cm³/mol. The van der Waals surface area contributed by atoms with E-state index in [2.05, 4.69) is 10.6 Å². The lowest BCUT2D eigenvalue weighted by atomic mass is 10.1. The van der Waals surface area contributed by atoms with E-state index in [0.717, 1.165) is 5.56 Å². The van der Waals surface area contributed by atoms with Gasteiger partial charge in [-0.3, -0.25) is 24.0 Å². The van der Waals surface area contributed by atoms with Crippen molar-refractivity contribution in [3.63, 3.8) is 0 Å². The molecule has 0 aliphatic carbocycles. The third-order valence-corrected chi connectivity index (χ3v) is 10.2. The van der Waals surface area contributed by atoms with Gasteiger partial charge in [0, 0.05) is 25.7 Å². The number of hydroxylamine groups is 2. The molecule has 4 amide bonds. The molecule has 3 atom stereocenters. The number of carbonyl (C=O) groups excluding carboxylic acids is 6. The Kier molecular flexibility index (Phi) is 13.1. The van der Waals surface area contributed by atoms with Crippen LogP contribution < -0.4 is 19.7 Å². The van der Waals surface area contributed by atoms with Crippen LogP contribution in [0.2, 0.25) is 0 Å². The molecule has 0 bridgehead atoms. The third kappa shape index (κ3) is 11.0. The zero-order chi connectivity index (χ0) is 35.4. The van der Waals surface area contributed by atoms with E-state index in [1.807, 2.05) is 18.2 Å². The molecule has 0 spiro atoms. The maximum Gasteiger partial charge on any atom is 0.453 e. The first-order chi connectivity index (χ1) is 23.4. The minimum Gasteiger partial charge on any atom is -0.415 e. The van der Waals surface area contributed by atoms with Crippen LogP contribution in [0.15, 0.2) is 91.0 Å². The molecular weight excluding hydrogens is 673 g/mol. The Balaban J connectivity index is 1.40. The summed E-state index contributed by atoms with van der Waals surface area (Å²) in [6.45, 7) is 2.91. The van der Waals surface area contributed by atoms with E-state index in [-0.39, 0.29) is 37.2 Å². The van der Waals surface area contributed by atoms with Crippen LogP contribution in [-0.2, 0) is 44.6 Å². The molecule has 1 aliphatic rings. The normalized spacial score (nSPS) is 14.7.